The van der Waals surface area contributed by atoms with Crippen LogP contribution in [0.4, 0.5) is 5.82 Å². The van der Waals surface area contributed by atoms with Crippen LogP contribution >= 0.6 is 0 Å². The highest BCUT2D eigenvalue weighted by molar-refractivity contribution is 5.72. The van der Waals surface area contributed by atoms with E-state index in [4.69, 9.17) is 9.47 Å². The molecule has 0 aromatic carbocycles. The third kappa shape index (κ3) is 3.13. The zero-order chi connectivity index (χ0) is 14.7. The SMILES string of the molecule is CCOC(=O)Cc1cn2nc(N3CCOCC3)ccc2n1. The van der Waals surface area contributed by atoms with Crippen molar-refractivity contribution < 1.29 is 14.3 Å². The molecule has 3 heterocycles. The molecular weight excluding hydrogens is 272 g/mol. The minimum Gasteiger partial charge on any atom is -0.466 e. The number of anilines is 1. The van der Waals surface area contributed by atoms with Gasteiger partial charge in [-0.1, -0.05) is 0 Å². The molecular formula is C14H18N4O3. The van der Waals surface area contributed by atoms with E-state index in [-0.39, 0.29) is 12.4 Å². The lowest BCUT2D eigenvalue weighted by atomic mass is 10.3. The number of nitrogens with zero attached hydrogens (tertiary/aromatic N) is 4. The summed E-state index contributed by atoms with van der Waals surface area (Å²) in [6, 6.07) is 3.86. The number of morpholine rings is 1. The number of imidazole rings is 1. The molecule has 0 unspecified atom stereocenters. The van der Waals surface area contributed by atoms with Crippen molar-refractivity contribution in [3.05, 3.63) is 24.0 Å². The maximum absolute atomic E-state index is 11.5. The van der Waals surface area contributed by atoms with Crippen molar-refractivity contribution in [3.63, 3.8) is 0 Å². The van der Waals surface area contributed by atoms with Crippen molar-refractivity contribution in [1.29, 1.82) is 0 Å². The second kappa shape index (κ2) is 6.09. The van der Waals surface area contributed by atoms with E-state index in [0.717, 1.165) is 37.8 Å². The summed E-state index contributed by atoms with van der Waals surface area (Å²) in [4.78, 5) is 18.0. The highest BCUT2D eigenvalue weighted by Crippen LogP contribution is 2.14. The van der Waals surface area contributed by atoms with Crippen LogP contribution in [0.5, 0.6) is 0 Å². The monoisotopic (exact) mass is 290 g/mol. The largest absolute Gasteiger partial charge is 0.466 e. The predicted octanol–water partition coefficient (Wildman–Crippen LogP) is 0.671. The lowest BCUT2D eigenvalue weighted by molar-refractivity contribution is -0.142. The van der Waals surface area contributed by atoms with Crippen molar-refractivity contribution in [2.75, 3.05) is 37.8 Å². The van der Waals surface area contributed by atoms with Gasteiger partial charge in [-0.15, -0.1) is 5.10 Å². The van der Waals surface area contributed by atoms with Gasteiger partial charge in [-0.25, -0.2) is 9.50 Å². The van der Waals surface area contributed by atoms with Gasteiger partial charge in [-0.3, -0.25) is 4.79 Å². The Labute approximate surface area is 122 Å². The Kier molecular flexibility index (Phi) is 4.01. The number of fused-ring (bicyclic) bond motifs is 1. The molecule has 0 spiro atoms. The van der Waals surface area contributed by atoms with Gasteiger partial charge in [-0.05, 0) is 19.1 Å². The summed E-state index contributed by atoms with van der Waals surface area (Å²) in [6.07, 6.45) is 1.94. The number of carbonyl (C=O) groups is 1. The standard InChI is InChI=1S/C14H18N4O3/c1-2-21-14(19)9-11-10-18-12(15-11)3-4-13(16-18)17-5-7-20-8-6-17/h3-4,10H,2,5-9H2,1H3. The first kappa shape index (κ1) is 13.8. The van der Waals surface area contributed by atoms with E-state index in [2.05, 4.69) is 15.0 Å². The summed E-state index contributed by atoms with van der Waals surface area (Å²) in [5, 5.41) is 4.55. The molecule has 7 nitrogen and oxygen atoms in total. The molecule has 1 aliphatic rings. The van der Waals surface area contributed by atoms with E-state index in [9.17, 15) is 4.79 Å². The van der Waals surface area contributed by atoms with Gasteiger partial charge >= 0.3 is 5.97 Å². The third-order valence-electron chi connectivity index (χ3n) is 3.32. The summed E-state index contributed by atoms with van der Waals surface area (Å²) in [7, 11) is 0. The Morgan fingerprint density at radius 3 is 2.95 bits per heavy atom. The first-order valence-corrected chi connectivity index (χ1v) is 7.10. The van der Waals surface area contributed by atoms with Crippen LogP contribution in [0.2, 0.25) is 0 Å². The first-order valence-electron chi connectivity index (χ1n) is 7.10. The summed E-state index contributed by atoms with van der Waals surface area (Å²) in [5.74, 6) is 0.625. The predicted molar refractivity (Wildman–Crippen MR) is 76.4 cm³/mol. The fourth-order valence-electron chi connectivity index (χ4n) is 2.33. The lowest BCUT2D eigenvalue weighted by Crippen LogP contribution is -2.36. The maximum Gasteiger partial charge on any atom is 0.311 e. The molecule has 0 atom stereocenters. The van der Waals surface area contributed by atoms with Gasteiger partial charge in [0.1, 0.15) is 5.82 Å². The number of ether oxygens (including phenoxy) is 2. The second-order valence-electron chi connectivity index (χ2n) is 4.81. The van der Waals surface area contributed by atoms with Gasteiger partial charge in [0, 0.05) is 13.1 Å². The minimum absolute atomic E-state index is 0.171. The smallest absolute Gasteiger partial charge is 0.311 e. The molecule has 21 heavy (non-hydrogen) atoms. The normalized spacial score (nSPS) is 15.4. The fourth-order valence-corrected chi connectivity index (χ4v) is 2.33. The second-order valence-corrected chi connectivity index (χ2v) is 4.81. The Bertz CT molecular complexity index is 634. The number of aromatic nitrogens is 3. The van der Waals surface area contributed by atoms with E-state index < -0.39 is 0 Å². The number of carbonyl (C=O) groups excluding carboxylic acids is 1. The van der Waals surface area contributed by atoms with Crippen molar-refractivity contribution in [3.8, 4) is 0 Å². The molecule has 0 N–H and O–H groups in total. The minimum atomic E-state index is -0.269. The van der Waals surface area contributed by atoms with E-state index in [1.807, 2.05) is 12.1 Å². The summed E-state index contributed by atoms with van der Waals surface area (Å²) in [5.41, 5.74) is 1.39. The number of esters is 1. The van der Waals surface area contributed by atoms with Gasteiger partial charge < -0.3 is 14.4 Å². The van der Waals surface area contributed by atoms with Crippen LogP contribution in [0.3, 0.4) is 0 Å². The first-order chi connectivity index (χ1) is 10.3. The van der Waals surface area contributed by atoms with Crippen molar-refractivity contribution >= 4 is 17.4 Å². The van der Waals surface area contributed by atoms with Crippen LogP contribution in [0, 0.1) is 0 Å². The maximum atomic E-state index is 11.5. The lowest BCUT2D eigenvalue weighted by Gasteiger charge is -2.27. The quantitative estimate of drug-likeness (QED) is 0.771. The molecule has 0 bridgehead atoms. The van der Waals surface area contributed by atoms with Gasteiger partial charge in [0.15, 0.2) is 5.65 Å². The van der Waals surface area contributed by atoms with Crippen LogP contribution < -0.4 is 4.90 Å². The molecule has 2 aromatic rings. The molecule has 1 saturated heterocycles. The topological polar surface area (TPSA) is 69.0 Å². The molecule has 0 radical (unpaired) electrons. The van der Waals surface area contributed by atoms with Gasteiger partial charge in [-0.2, -0.15) is 0 Å². The van der Waals surface area contributed by atoms with Crippen LogP contribution in [0.15, 0.2) is 18.3 Å². The highest BCUT2D eigenvalue weighted by atomic mass is 16.5. The van der Waals surface area contributed by atoms with Crippen molar-refractivity contribution in [1.82, 2.24) is 14.6 Å². The van der Waals surface area contributed by atoms with Crippen LogP contribution in [0.1, 0.15) is 12.6 Å². The van der Waals surface area contributed by atoms with E-state index in [0.29, 0.717) is 12.3 Å². The Hall–Kier alpha value is -2.15. The van der Waals surface area contributed by atoms with Crippen LogP contribution in [0.25, 0.3) is 5.65 Å². The Morgan fingerprint density at radius 2 is 2.19 bits per heavy atom. The summed E-state index contributed by atoms with van der Waals surface area (Å²) < 4.78 is 12.0. The zero-order valence-electron chi connectivity index (χ0n) is 12.0. The molecule has 0 amide bonds. The van der Waals surface area contributed by atoms with E-state index in [1.54, 1.807) is 17.6 Å². The van der Waals surface area contributed by atoms with Gasteiger partial charge in [0.2, 0.25) is 0 Å². The fraction of sp³-hybridized carbons (Fsp3) is 0.500. The average Bonchev–Trinajstić information content (AvgIpc) is 2.89. The summed E-state index contributed by atoms with van der Waals surface area (Å²) in [6.45, 7) is 5.28. The zero-order valence-corrected chi connectivity index (χ0v) is 12.0. The highest BCUT2D eigenvalue weighted by Gasteiger charge is 2.14. The number of hydrogen-bond acceptors (Lipinski definition) is 6. The molecule has 112 valence electrons. The average molecular weight is 290 g/mol. The third-order valence-corrected chi connectivity index (χ3v) is 3.32. The number of rotatable bonds is 4. The number of hydrogen-bond donors (Lipinski definition) is 0. The molecule has 3 rings (SSSR count). The Morgan fingerprint density at radius 1 is 1.38 bits per heavy atom. The molecule has 1 fully saturated rings. The van der Waals surface area contributed by atoms with Crippen molar-refractivity contribution in [2.45, 2.75) is 13.3 Å². The van der Waals surface area contributed by atoms with Crippen LogP contribution in [-0.2, 0) is 20.7 Å². The van der Waals surface area contributed by atoms with Gasteiger partial charge in [0.05, 0.1) is 38.1 Å². The molecule has 7 heteroatoms. The van der Waals surface area contributed by atoms with Crippen molar-refractivity contribution in [2.24, 2.45) is 0 Å². The van der Waals surface area contributed by atoms with Gasteiger partial charge in [0.25, 0.3) is 0 Å². The summed E-state index contributed by atoms with van der Waals surface area (Å²) >= 11 is 0. The Balaban J connectivity index is 1.79. The molecule has 0 aliphatic carbocycles. The molecule has 1 aliphatic heterocycles. The van der Waals surface area contributed by atoms with E-state index in [1.165, 1.54) is 0 Å². The molecule has 2 aromatic heterocycles. The van der Waals surface area contributed by atoms with Crippen LogP contribution in [-0.4, -0.2) is 53.5 Å². The van der Waals surface area contributed by atoms with E-state index >= 15 is 0 Å². The molecule has 0 saturated carbocycles.